The summed E-state index contributed by atoms with van der Waals surface area (Å²) in [6.45, 7) is 0. The summed E-state index contributed by atoms with van der Waals surface area (Å²) < 4.78 is 0. The molecule has 3 aromatic rings. The first-order valence-corrected chi connectivity index (χ1v) is 8.66. The molecule has 26 heavy (non-hydrogen) atoms. The van der Waals surface area contributed by atoms with E-state index < -0.39 is 5.92 Å². The minimum atomic E-state index is -0.621. The van der Waals surface area contributed by atoms with Gasteiger partial charge in [0.2, 0.25) is 0 Å². The zero-order chi connectivity index (χ0) is 18.5. The molecule has 4 heteroatoms. The first kappa shape index (κ1) is 17.9. The number of nitrogens with two attached hydrogens (primary N) is 1. The van der Waals surface area contributed by atoms with Crippen molar-refractivity contribution < 1.29 is 9.59 Å². The smallest absolute Gasteiger partial charge is 0.172 e. The standard InChI is InChI=1S/C22H18ClNO2/c23-17-11-12-20(24)19(13-17)22(26)18(15-7-3-1-4-8-15)14-21(25)16-9-5-2-6-10-16/h1-13,18H,14,24H2. The maximum absolute atomic E-state index is 13.2. The van der Waals surface area contributed by atoms with Crippen molar-refractivity contribution in [2.45, 2.75) is 12.3 Å². The lowest BCUT2D eigenvalue weighted by Gasteiger charge is -2.17. The minimum Gasteiger partial charge on any atom is -0.398 e. The summed E-state index contributed by atoms with van der Waals surface area (Å²) in [4.78, 5) is 25.9. The SMILES string of the molecule is Nc1ccc(Cl)cc1C(=O)C(CC(=O)c1ccccc1)c1ccccc1. The van der Waals surface area contributed by atoms with Crippen molar-refractivity contribution in [1.82, 2.24) is 0 Å². The highest BCUT2D eigenvalue weighted by Gasteiger charge is 2.26. The fourth-order valence-electron chi connectivity index (χ4n) is 2.90. The van der Waals surface area contributed by atoms with Crippen LogP contribution >= 0.6 is 11.6 Å². The number of anilines is 1. The number of benzene rings is 3. The molecule has 0 aliphatic heterocycles. The van der Waals surface area contributed by atoms with E-state index in [0.717, 1.165) is 5.56 Å². The third kappa shape index (κ3) is 4.01. The largest absolute Gasteiger partial charge is 0.398 e. The van der Waals surface area contributed by atoms with Crippen molar-refractivity contribution in [3.05, 3.63) is 101 Å². The van der Waals surface area contributed by atoms with E-state index in [1.807, 2.05) is 48.5 Å². The van der Waals surface area contributed by atoms with Crippen molar-refractivity contribution in [1.29, 1.82) is 0 Å². The van der Waals surface area contributed by atoms with E-state index in [0.29, 0.717) is 21.8 Å². The highest BCUT2D eigenvalue weighted by molar-refractivity contribution is 6.31. The topological polar surface area (TPSA) is 60.2 Å². The van der Waals surface area contributed by atoms with Gasteiger partial charge < -0.3 is 5.73 Å². The van der Waals surface area contributed by atoms with Gasteiger partial charge in [0.25, 0.3) is 0 Å². The molecule has 0 spiro atoms. The van der Waals surface area contributed by atoms with Crippen molar-refractivity contribution >= 4 is 28.9 Å². The van der Waals surface area contributed by atoms with Gasteiger partial charge >= 0.3 is 0 Å². The number of carbonyl (C=O) groups excluding carboxylic acids is 2. The molecule has 0 heterocycles. The molecule has 0 bridgehead atoms. The molecule has 0 aliphatic carbocycles. The van der Waals surface area contributed by atoms with Gasteiger partial charge in [0.15, 0.2) is 11.6 Å². The summed E-state index contributed by atoms with van der Waals surface area (Å²) in [6.07, 6.45) is 0.0683. The second kappa shape index (κ2) is 7.98. The molecule has 0 aromatic heterocycles. The minimum absolute atomic E-state index is 0.0683. The van der Waals surface area contributed by atoms with Crippen LogP contribution in [-0.4, -0.2) is 11.6 Å². The summed E-state index contributed by atoms with van der Waals surface area (Å²) in [6, 6.07) is 23.0. The van der Waals surface area contributed by atoms with E-state index in [1.54, 1.807) is 30.3 Å². The van der Waals surface area contributed by atoms with Gasteiger partial charge in [-0.3, -0.25) is 9.59 Å². The van der Waals surface area contributed by atoms with Crippen LogP contribution in [-0.2, 0) is 0 Å². The molecule has 1 unspecified atom stereocenters. The van der Waals surface area contributed by atoms with Crippen molar-refractivity contribution in [3.8, 4) is 0 Å². The highest BCUT2D eigenvalue weighted by atomic mass is 35.5. The number of rotatable bonds is 6. The normalized spacial score (nSPS) is 11.7. The molecule has 0 radical (unpaired) electrons. The number of nitrogen functional groups attached to an aromatic ring is 1. The van der Waals surface area contributed by atoms with Gasteiger partial charge in [0, 0.05) is 28.3 Å². The lowest BCUT2D eigenvalue weighted by Crippen LogP contribution is -2.18. The number of Topliss-reactive ketones (excluding diaryl/α,β-unsaturated/α-hetero) is 2. The Bertz CT molecular complexity index is 923. The molecule has 0 aliphatic rings. The molecule has 0 saturated heterocycles. The zero-order valence-corrected chi connectivity index (χ0v) is 14.8. The average Bonchev–Trinajstić information content (AvgIpc) is 2.68. The van der Waals surface area contributed by atoms with Crippen LogP contribution in [0.5, 0.6) is 0 Å². The van der Waals surface area contributed by atoms with Crippen LogP contribution in [0.2, 0.25) is 5.02 Å². The molecule has 0 amide bonds. The molecule has 0 fully saturated rings. The number of hydrogen-bond donors (Lipinski definition) is 1. The summed E-state index contributed by atoms with van der Waals surface area (Å²) in [7, 11) is 0. The summed E-state index contributed by atoms with van der Waals surface area (Å²) in [5.74, 6) is -0.918. The predicted octanol–water partition coefficient (Wildman–Crippen LogP) is 5.16. The second-order valence-electron chi connectivity index (χ2n) is 6.05. The van der Waals surface area contributed by atoms with Crippen LogP contribution in [0.3, 0.4) is 0 Å². The maximum Gasteiger partial charge on any atom is 0.172 e. The number of hydrogen-bond acceptors (Lipinski definition) is 3. The number of halogens is 1. The number of ketones is 2. The van der Waals surface area contributed by atoms with E-state index in [1.165, 1.54) is 0 Å². The summed E-state index contributed by atoms with van der Waals surface area (Å²) >= 11 is 6.04. The molecule has 3 rings (SSSR count). The zero-order valence-electron chi connectivity index (χ0n) is 14.1. The fourth-order valence-corrected chi connectivity index (χ4v) is 3.08. The van der Waals surface area contributed by atoms with Crippen LogP contribution in [0, 0.1) is 0 Å². The molecular weight excluding hydrogens is 346 g/mol. The van der Waals surface area contributed by atoms with E-state index >= 15 is 0 Å². The third-order valence-electron chi connectivity index (χ3n) is 4.28. The van der Waals surface area contributed by atoms with Gasteiger partial charge in [-0.2, -0.15) is 0 Å². The Morgan fingerprint density at radius 1 is 0.885 bits per heavy atom. The monoisotopic (exact) mass is 363 g/mol. The number of carbonyl (C=O) groups is 2. The Morgan fingerprint density at radius 3 is 2.15 bits per heavy atom. The molecular formula is C22H18ClNO2. The van der Waals surface area contributed by atoms with Crippen LogP contribution in [0.1, 0.15) is 38.6 Å². The molecule has 130 valence electrons. The summed E-state index contributed by atoms with van der Waals surface area (Å²) in [5.41, 5.74) is 8.04. The maximum atomic E-state index is 13.2. The van der Waals surface area contributed by atoms with Gasteiger partial charge in [0.05, 0.1) is 5.92 Å². The van der Waals surface area contributed by atoms with Crippen LogP contribution < -0.4 is 5.73 Å². The Labute approximate surface area is 157 Å². The molecule has 3 aromatic carbocycles. The van der Waals surface area contributed by atoms with E-state index in [2.05, 4.69) is 0 Å². The quantitative estimate of drug-likeness (QED) is 0.486. The van der Waals surface area contributed by atoms with Gasteiger partial charge in [-0.05, 0) is 23.8 Å². The Kier molecular flexibility index (Phi) is 5.49. The van der Waals surface area contributed by atoms with Crippen LogP contribution in [0.15, 0.2) is 78.9 Å². The highest BCUT2D eigenvalue weighted by Crippen LogP contribution is 2.29. The predicted molar refractivity (Wildman–Crippen MR) is 105 cm³/mol. The lowest BCUT2D eigenvalue weighted by molar-refractivity contribution is 0.0894. The second-order valence-corrected chi connectivity index (χ2v) is 6.49. The lowest BCUT2D eigenvalue weighted by atomic mass is 9.85. The average molecular weight is 364 g/mol. The van der Waals surface area contributed by atoms with Gasteiger partial charge in [-0.25, -0.2) is 0 Å². The van der Waals surface area contributed by atoms with E-state index in [-0.39, 0.29) is 18.0 Å². The molecule has 3 nitrogen and oxygen atoms in total. The Morgan fingerprint density at radius 2 is 1.50 bits per heavy atom. The first-order chi connectivity index (χ1) is 12.6. The van der Waals surface area contributed by atoms with Crippen molar-refractivity contribution in [2.75, 3.05) is 5.73 Å². The van der Waals surface area contributed by atoms with E-state index in [4.69, 9.17) is 17.3 Å². The van der Waals surface area contributed by atoms with Crippen LogP contribution in [0.25, 0.3) is 0 Å². The third-order valence-corrected chi connectivity index (χ3v) is 4.52. The van der Waals surface area contributed by atoms with E-state index in [9.17, 15) is 9.59 Å². The Hall–Kier alpha value is -2.91. The van der Waals surface area contributed by atoms with Crippen molar-refractivity contribution in [2.24, 2.45) is 0 Å². The van der Waals surface area contributed by atoms with Gasteiger partial charge in [-0.15, -0.1) is 0 Å². The molecule has 1 atom stereocenters. The van der Waals surface area contributed by atoms with Crippen LogP contribution in [0.4, 0.5) is 5.69 Å². The Balaban J connectivity index is 1.97. The molecule has 0 saturated carbocycles. The van der Waals surface area contributed by atoms with Gasteiger partial charge in [0.1, 0.15) is 0 Å². The fraction of sp³-hybridized carbons (Fsp3) is 0.0909. The molecule has 2 N–H and O–H groups in total. The first-order valence-electron chi connectivity index (χ1n) is 8.28. The van der Waals surface area contributed by atoms with Gasteiger partial charge in [-0.1, -0.05) is 72.3 Å². The van der Waals surface area contributed by atoms with Crippen molar-refractivity contribution in [3.63, 3.8) is 0 Å². The summed E-state index contributed by atoms with van der Waals surface area (Å²) in [5, 5.41) is 0.434.